The number of anilines is 1. The SMILES string of the molecule is COc1ccc(C(=O)Nc2ccc(C=O)cc2)c(F)c1. The molecule has 4 nitrogen and oxygen atoms in total. The molecule has 0 saturated heterocycles. The van der Waals surface area contributed by atoms with Gasteiger partial charge in [-0.25, -0.2) is 4.39 Å². The highest BCUT2D eigenvalue weighted by Gasteiger charge is 2.12. The predicted molar refractivity (Wildman–Crippen MR) is 72.7 cm³/mol. The molecule has 0 saturated carbocycles. The molecular weight excluding hydrogens is 261 g/mol. The third-order valence-electron chi connectivity index (χ3n) is 2.73. The maximum absolute atomic E-state index is 13.7. The van der Waals surface area contributed by atoms with E-state index in [2.05, 4.69) is 5.32 Å². The zero-order chi connectivity index (χ0) is 14.5. The molecule has 0 aliphatic heterocycles. The highest BCUT2D eigenvalue weighted by Crippen LogP contribution is 2.18. The monoisotopic (exact) mass is 273 g/mol. The van der Waals surface area contributed by atoms with Gasteiger partial charge < -0.3 is 10.1 Å². The number of ether oxygens (including phenoxy) is 1. The quantitative estimate of drug-likeness (QED) is 0.871. The largest absolute Gasteiger partial charge is 0.497 e. The molecule has 102 valence electrons. The van der Waals surface area contributed by atoms with Gasteiger partial charge >= 0.3 is 0 Å². The lowest BCUT2D eigenvalue weighted by atomic mass is 10.1. The van der Waals surface area contributed by atoms with Gasteiger partial charge in [0, 0.05) is 17.3 Å². The molecule has 2 aromatic rings. The van der Waals surface area contributed by atoms with Crippen molar-refractivity contribution >= 4 is 17.9 Å². The molecule has 0 heterocycles. The smallest absolute Gasteiger partial charge is 0.258 e. The summed E-state index contributed by atoms with van der Waals surface area (Å²) in [6.07, 6.45) is 0.703. The number of aldehydes is 1. The van der Waals surface area contributed by atoms with Crippen LogP contribution in [0.2, 0.25) is 0 Å². The lowest BCUT2D eigenvalue weighted by Crippen LogP contribution is -2.13. The van der Waals surface area contributed by atoms with Gasteiger partial charge in [0.1, 0.15) is 17.9 Å². The van der Waals surface area contributed by atoms with Gasteiger partial charge in [0.15, 0.2) is 0 Å². The molecule has 0 aliphatic rings. The van der Waals surface area contributed by atoms with Crippen LogP contribution in [0.4, 0.5) is 10.1 Å². The second kappa shape index (κ2) is 5.97. The van der Waals surface area contributed by atoms with Crippen molar-refractivity contribution < 1.29 is 18.7 Å². The molecule has 2 aromatic carbocycles. The summed E-state index contributed by atoms with van der Waals surface area (Å²) in [6, 6.07) is 10.3. The highest BCUT2D eigenvalue weighted by molar-refractivity contribution is 6.04. The number of hydrogen-bond acceptors (Lipinski definition) is 3. The van der Waals surface area contributed by atoms with Crippen LogP contribution in [-0.4, -0.2) is 19.3 Å². The van der Waals surface area contributed by atoms with E-state index in [1.54, 1.807) is 24.3 Å². The van der Waals surface area contributed by atoms with Crippen molar-refractivity contribution in [2.75, 3.05) is 12.4 Å². The lowest BCUT2D eigenvalue weighted by Gasteiger charge is -2.07. The van der Waals surface area contributed by atoms with E-state index in [9.17, 15) is 14.0 Å². The molecule has 0 radical (unpaired) electrons. The maximum atomic E-state index is 13.7. The molecule has 2 rings (SSSR count). The summed E-state index contributed by atoms with van der Waals surface area (Å²) in [5, 5.41) is 2.55. The number of carbonyl (C=O) groups excluding carboxylic acids is 2. The Morgan fingerprint density at radius 1 is 1.20 bits per heavy atom. The van der Waals surface area contributed by atoms with Crippen LogP contribution in [0.15, 0.2) is 42.5 Å². The molecule has 0 bridgehead atoms. The number of methoxy groups -OCH3 is 1. The van der Waals surface area contributed by atoms with Gasteiger partial charge in [-0.1, -0.05) is 0 Å². The Morgan fingerprint density at radius 2 is 1.90 bits per heavy atom. The Labute approximate surface area is 115 Å². The van der Waals surface area contributed by atoms with Gasteiger partial charge in [-0.15, -0.1) is 0 Å². The number of hydrogen-bond donors (Lipinski definition) is 1. The van der Waals surface area contributed by atoms with Gasteiger partial charge in [-0.2, -0.15) is 0 Å². The minimum absolute atomic E-state index is 0.0785. The third kappa shape index (κ3) is 3.00. The first kappa shape index (κ1) is 13.7. The Balaban J connectivity index is 2.16. The Morgan fingerprint density at radius 3 is 2.45 bits per heavy atom. The Bertz CT molecular complexity index is 638. The van der Waals surface area contributed by atoms with Gasteiger partial charge in [0.2, 0.25) is 0 Å². The zero-order valence-corrected chi connectivity index (χ0v) is 10.7. The third-order valence-corrected chi connectivity index (χ3v) is 2.73. The van der Waals surface area contributed by atoms with E-state index >= 15 is 0 Å². The van der Waals surface area contributed by atoms with Crippen LogP contribution in [0.5, 0.6) is 5.75 Å². The molecule has 0 spiro atoms. The summed E-state index contributed by atoms with van der Waals surface area (Å²) < 4.78 is 18.6. The summed E-state index contributed by atoms with van der Waals surface area (Å²) in [6.45, 7) is 0. The van der Waals surface area contributed by atoms with E-state index < -0.39 is 11.7 Å². The summed E-state index contributed by atoms with van der Waals surface area (Å²) in [7, 11) is 1.42. The van der Waals surface area contributed by atoms with E-state index in [1.165, 1.54) is 19.2 Å². The van der Waals surface area contributed by atoms with E-state index in [0.717, 1.165) is 6.07 Å². The van der Waals surface area contributed by atoms with Crippen molar-refractivity contribution in [3.63, 3.8) is 0 Å². The first-order valence-electron chi connectivity index (χ1n) is 5.84. The second-order valence-electron chi connectivity index (χ2n) is 4.04. The first-order chi connectivity index (χ1) is 9.63. The number of benzene rings is 2. The van der Waals surface area contributed by atoms with Crippen molar-refractivity contribution in [2.45, 2.75) is 0 Å². The number of rotatable bonds is 4. The van der Waals surface area contributed by atoms with Crippen molar-refractivity contribution in [1.29, 1.82) is 0 Å². The molecule has 0 unspecified atom stereocenters. The number of amides is 1. The average Bonchev–Trinajstić information content (AvgIpc) is 2.47. The molecule has 1 amide bonds. The van der Waals surface area contributed by atoms with Crippen molar-refractivity contribution in [3.8, 4) is 5.75 Å². The Kier molecular flexibility index (Phi) is 4.10. The lowest BCUT2D eigenvalue weighted by molar-refractivity contribution is 0.102. The number of halogens is 1. The summed E-state index contributed by atoms with van der Waals surface area (Å²) in [4.78, 5) is 22.4. The molecule has 0 fully saturated rings. The van der Waals surface area contributed by atoms with Crippen LogP contribution in [0.3, 0.4) is 0 Å². The van der Waals surface area contributed by atoms with Crippen LogP contribution in [-0.2, 0) is 0 Å². The number of carbonyl (C=O) groups is 2. The minimum Gasteiger partial charge on any atom is -0.497 e. The molecule has 5 heteroatoms. The van der Waals surface area contributed by atoms with E-state index in [1.807, 2.05) is 0 Å². The topological polar surface area (TPSA) is 55.4 Å². The predicted octanol–water partition coefficient (Wildman–Crippen LogP) is 2.90. The highest BCUT2D eigenvalue weighted by atomic mass is 19.1. The van der Waals surface area contributed by atoms with Crippen LogP contribution < -0.4 is 10.1 Å². The molecule has 0 atom stereocenters. The second-order valence-corrected chi connectivity index (χ2v) is 4.04. The fourth-order valence-corrected chi connectivity index (χ4v) is 1.65. The fourth-order valence-electron chi connectivity index (χ4n) is 1.65. The van der Waals surface area contributed by atoms with E-state index in [-0.39, 0.29) is 5.56 Å². The van der Waals surface area contributed by atoms with Crippen molar-refractivity contribution in [3.05, 3.63) is 59.4 Å². The minimum atomic E-state index is -0.661. The molecular formula is C15H12FNO3. The Hall–Kier alpha value is -2.69. The van der Waals surface area contributed by atoms with Crippen LogP contribution in [0, 0.1) is 5.82 Å². The molecule has 1 N–H and O–H groups in total. The van der Waals surface area contributed by atoms with Gasteiger partial charge in [-0.3, -0.25) is 9.59 Å². The van der Waals surface area contributed by atoms with Crippen molar-refractivity contribution in [2.24, 2.45) is 0 Å². The standard InChI is InChI=1S/C15H12FNO3/c1-20-12-6-7-13(14(16)8-12)15(19)17-11-4-2-10(9-18)3-5-11/h2-9H,1H3,(H,17,19). The molecule has 0 aliphatic carbocycles. The summed E-state index contributed by atoms with van der Waals surface area (Å²) in [5.74, 6) is -0.884. The van der Waals surface area contributed by atoms with E-state index in [4.69, 9.17) is 4.74 Å². The average molecular weight is 273 g/mol. The molecule has 0 aromatic heterocycles. The van der Waals surface area contributed by atoms with E-state index in [0.29, 0.717) is 23.3 Å². The van der Waals surface area contributed by atoms with Gasteiger partial charge in [-0.05, 0) is 36.4 Å². The fraction of sp³-hybridized carbons (Fsp3) is 0.0667. The van der Waals surface area contributed by atoms with Gasteiger partial charge in [0.05, 0.1) is 12.7 Å². The summed E-state index contributed by atoms with van der Waals surface area (Å²) >= 11 is 0. The normalized spacial score (nSPS) is 9.90. The maximum Gasteiger partial charge on any atom is 0.258 e. The van der Waals surface area contributed by atoms with Crippen LogP contribution in [0.25, 0.3) is 0 Å². The van der Waals surface area contributed by atoms with Crippen molar-refractivity contribution in [1.82, 2.24) is 0 Å². The van der Waals surface area contributed by atoms with Crippen LogP contribution in [0.1, 0.15) is 20.7 Å². The zero-order valence-electron chi connectivity index (χ0n) is 10.7. The first-order valence-corrected chi connectivity index (χ1v) is 5.84. The summed E-state index contributed by atoms with van der Waals surface area (Å²) in [5.41, 5.74) is 0.903. The van der Waals surface area contributed by atoms with Gasteiger partial charge in [0.25, 0.3) is 5.91 Å². The number of nitrogens with one attached hydrogen (secondary N) is 1. The van der Waals surface area contributed by atoms with Crippen LogP contribution >= 0.6 is 0 Å². The molecule has 20 heavy (non-hydrogen) atoms.